The van der Waals surface area contributed by atoms with Crippen LogP contribution in [0.25, 0.3) is 0 Å². The summed E-state index contributed by atoms with van der Waals surface area (Å²) in [5, 5.41) is 7.21. The summed E-state index contributed by atoms with van der Waals surface area (Å²) in [6.45, 7) is 5.51. The van der Waals surface area contributed by atoms with E-state index in [9.17, 15) is 9.59 Å². The van der Waals surface area contributed by atoms with Crippen LogP contribution in [-0.2, 0) is 9.59 Å². The highest BCUT2D eigenvalue weighted by molar-refractivity contribution is 6.01. The third-order valence-electron chi connectivity index (χ3n) is 4.93. The zero-order chi connectivity index (χ0) is 22.2. The number of carbonyl (C=O) groups is 2. The molecule has 3 aromatic rings. The van der Waals surface area contributed by atoms with Crippen LogP contribution in [0.1, 0.15) is 43.4 Å². The lowest BCUT2D eigenvalue weighted by Gasteiger charge is -2.16. The molecule has 0 bridgehead atoms. The summed E-state index contributed by atoms with van der Waals surface area (Å²) in [4.78, 5) is 25.0. The Bertz CT molecular complexity index is 1020. The molecule has 0 radical (unpaired) electrons. The molecule has 0 saturated heterocycles. The summed E-state index contributed by atoms with van der Waals surface area (Å²) in [5.41, 5.74) is 6.68. The zero-order valence-corrected chi connectivity index (χ0v) is 18.0. The van der Waals surface area contributed by atoms with Gasteiger partial charge in [0, 0.05) is 11.6 Å². The molecule has 158 valence electrons. The van der Waals surface area contributed by atoms with Crippen molar-refractivity contribution in [3.63, 3.8) is 0 Å². The SMILES string of the molecule is C/C(=N\NC(=O)C(c1ccccc1)c1ccccc1)c1cccc(NC(=O)C(C)C)c1. The average molecular weight is 414 g/mol. The molecule has 5 heteroatoms. The lowest BCUT2D eigenvalue weighted by atomic mass is 9.91. The molecule has 2 N–H and O–H groups in total. The summed E-state index contributed by atoms with van der Waals surface area (Å²) in [5.74, 6) is -0.823. The summed E-state index contributed by atoms with van der Waals surface area (Å²) in [7, 11) is 0. The number of amides is 2. The fourth-order valence-corrected chi connectivity index (χ4v) is 3.16. The van der Waals surface area contributed by atoms with Crippen molar-refractivity contribution >= 4 is 23.2 Å². The number of rotatable bonds is 7. The Morgan fingerprint density at radius 3 is 1.90 bits per heavy atom. The predicted octanol–water partition coefficient (Wildman–Crippen LogP) is 4.95. The van der Waals surface area contributed by atoms with Gasteiger partial charge >= 0.3 is 0 Å². The highest BCUT2D eigenvalue weighted by Crippen LogP contribution is 2.24. The van der Waals surface area contributed by atoms with Crippen molar-refractivity contribution in [2.24, 2.45) is 11.0 Å². The lowest BCUT2D eigenvalue weighted by Crippen LogP contribution is -2.27. The number of hydrogen-bond donors (Lipinski definition) is 2. The molecule has 5 nitrogen and oxygen atoms in total. The highest BCUT2D eigenvalue weighted by Gasteiger charge is 2.22. The number of nitrogens with zero attached hydrogens (tertiary/aromatic N) is 1. The van der Waals surface area contributed by atoms with Crippen LogP contribution in [0.2, 0.25) is 0 Å². The summed E-state index contributed by atoms with van der Waals surface area (Å²) in [6.07, 6.45) is 0. The van der Waals surface area contributed by atoms with Crippen molar-refractivity contribution in [3.8, 4) is 0 Å². The molecule has 0 aliphatic rings. The molecule has 31 heavy (non-hydrogen) atoms. The molecule has 0 unspecified atom stereocenters. The Labute approximate surface area is 183 Å². The van der Waals surface area contributed by atoms with Gasteiger partial charge in [-0.15, -0.1) is 0 Å². The van der Waals surface area contributed by atoms with Crippen LogP contribution in [0, 0.1) is 5.92 Å². The van der Waals surface area contributed by atoms with Gasteiger partial charge in [-0.3, -0.25) is 9.59 Å². The van der Waals surface area contributed by atoms with Crippen molar-refractivity contribution in [3.05, 3.63) is 102 Å². The molecule has 0 heterocycles. The maximum atomic E-state index is 13.1. The van der Waals surface area contributed by atoms with E-state index in [1.54, 1.807) is 0 Å². The molecule has 0 saturated carbocycles. The Morgan fingerprint density at radius 2 is 1.35 bits per heavy atom. The van der Waals surface area contributed by atoms with Crippen LogP contribution in [0.4, 0.5) is 5.69 Å². The Kier molecular flexibility index (Phi) is 7.33. The fourth-order valence-electron chi connectivity index (χ4n) is 3.16. The molecular formula is C26H27N3O2. The summed E-state index contributed by atoms with van der Waals surface area (Å²) >= 11 is 0. The van der Waals surface area contributed by atoms with E-state index in [1.165, 1.54) is 0 Å². The Morgan fingerprint density at radius 1 is 0.774 bits per heavy atom. The fraction of sp³-hybridized carbons (Fsp3) is 0.192. The van der Waals surface area contributed by atoms with Gasteiger partial charge in [-0.25, -0.2) is 5.43 Å². The first-order chi connectivity index (χ1) is 15.0. The number of benzene rings is 3. The van der Waals surface area contributed by atoms with Crippen molar-refractivity contribution in [1.82, 2.24) is 5.43 Å². The van der Waals surface area contributed by atoms with Crippen LogP contribution >= 0.6 is 0 Å². The minimum absolute atomic E-state index is 0.0476. The van der Waals surface area contributed by atoms with Crippen molar-refractivity contribution < 1.29 is 9.59 Å². The molecule has 0 spiro atoms. The van der Waals surface area contributed by atoms with Gasteiger partial charge in [-0.05, 0) is 35.7 Å². The molecule has 0 aliphatic carbocycles. The number of hydrogen-bond acceptors (Lipinski definition) is 3. The van der Waals surface area contributed by atoms with Crippen molar-refractivity contribution in [1.29, 1.82) is 0 Å². The van der Waals surface area contributed by atoms with Gasteiger partial charge in [0.1, 0.15) is 0 Å². The minimum atomic E-state index is -0.462. The van der Waals surface area contributed by atoms with Gasteiger partial charge < -0.3 is 5.32 Å². The van der Waals surface area contributed by atoms with Gasteiger partial charge in [-0.1, -0.05) is 86.6 Å². The number of hydrazone groups is 1. The molecule has 2 amide bonds. The Balaban J connectivity index is 1.79. The molecule has 0 atom stereocenters. The smallest absolute Gasteiger partial charge is 0.252 e. The molecule has 3 rings (SSSR count). The summed E-state index contributed by atoms with van der Waals surface area (Å²) < 4.78 is 0. The predicted molar refractivity (Wildman–Crippen MR) is 125 cm³/mol. The second-order valence-corrected chi connectivity index (χ2v) is 7.65. The maximum Gasteiger partial charge on any atom is 0.252 e. The Hall–Kier alpha value is -3.73. The van der Waals surface area contributed by atoms with E-state index >= 15 is 0 Å². The normalized spacial score (nSPS) is 11.5. The van der Waals surface area contributed by atoms with E-state index in [2.05, 4.69) is 15.8 Å². The second-order valence-electron chi connectivity index (χ2n) is 7.65. The molecule has 0 fully saturated rings. The largest absolute Gasteiger partial charge is 0.326 e. The zero-order valence-electron chi connectivity index (χ0n) is 18.0. The first-order valence-corrected chi connectivity index (χ1v) is 10.3. The van der Waals surface area contributed by atoms with Crippen molar-refractivity contribution in [2.75, 3.05) is 5.32 Å². The molecule has 3 aromatic carbocycles. The monoisotopic (exact) mass is 413 g/mol. The standard InChI is InChI=1S/C26H27N3O2/c1-18(2)25(30)27-23-16-10-15-22(17-23)19(3)28-29-26(31)24(20-11-6-4-7-12-20)21-13-8-5-9-14-21/h4-18,24H,1-3H3,(H,27,30)(H,29,31)/b28-19+. The van der Waals surface area contributed by atoms with E-state index in [4.69, 9.17) is 0 Å². The van der Waals surface area contributed by atoms with Gasteiger partial charge in [-0.2, -0.15) is 5.10 Å². The lowest BCUT2D eigenvalue weighted by molar-refractivity contribution is -0.121. The van der Waals surface area contributed by atoms with E-state index < -0.39 is 5.92 Å². The van der Waals surface area contributed by atoms with E-state index in [0.717, 1.165) is 16.7 Å². The van der Waals surface area contributed by atoms with E-state index in [0.29, 0.717) is 11.4 Å². The van der Waals surface area contributed by atoms with Crippen LogP contribution in [0.3, 0.4) is 0 Å². The highest BCUT2D eigenvalue weighted by atomic mass is 16.2. The van der Waals surface area contributed by atoms with E-state index in [-0.39, 0.29) is 17.7 Å². The van der Waals surface area contributed by atoms with Crippen LogP contribution < -0.4 is 10.7 Å². The number of nitrogens with one attached hydrogen (secondary N) is 2. The first-order valence-electron chi connectivity index (χ1n) is 10.3. The number of carbonyl (C=O) groups excluding carboxylic acids is 2. The average Bonchev–Trinajstić information content (AvgIpc) is 2.79. The van der Waals surface area contributed by atoms with Gasteiger partial charge in [0.05, 0.1) is 11.6 Å². The minimum Gasteiger partial charge on any atom is -0.326 e. The number of anilines is 1. The van der Waals surface area contributed by atoms with Crippen LogP contribution in [-0.4, -0.2) is 17.5 Å². The van der Waals surface area contributed by atoms with Crippen LogP contribution in [0.5, 0.6) is 0 Å². The quantitative estimate of drug-likeness (QED) is 0.425. The van der Waals surface area contributed by atoms with Gasteiger partial charge in [0.15, 0.2) is 0 Å². The molecule has 0 aliphatic heterocycles. The first kappa shape index (κ1) is 22.0. The molecule has 0 aromatic heterocycles. The topological polar surface area (TPSA) is 70.6 Å². The second kappa shape index (κ2) is 10.3. The van der Waals surface area contributed by atoms with Gasteiger partial charge in [0.25, 0.3) is 5.91 Å². The maximum absolute atomic E-state index is 13.1. The van der Waals surface area contributed by atoms with Crippen LogP contribution in [0.15, 0.2) is 90.0 Å². The van der Waals surface area contributed by atoms with E-state index in [1.807, 2.05) is 106 Å². The van der Waals surface area contributed by atoms with Gasteiger partial charge in [0.2, 0.25) is 5.91 Å². The third-order valence-corrected chi connectivity index (χ3v) is 4.93. The van der Waals surface area contributed by atoms with Crippen molar-refractivity contribution in [2.45, 2.75) is 26.7 Å². The third kappa shape index (κ3) is 5.89. The molecular weight excluding hydrogens is 386 g/mol. The summed E-state index contributed by atoms with van der Waals surface area (Å²) in [6, 6.07) is 26.7.